The van der Waals surface area contributed by atoms with Crippen molar-refractivity contribution in [2.75, 3.05) is 39.4 Å². The lowest BCUT2D eigenvalue weighted by Gasteiger charge is -2.43. The van der Waals surface area contributed by atoms with Crippen LogP contribution in [0.5, 0.6) is 11.5 Å². The number of piperazine rings is 1. The van der Waals surface area contributed by atoms with Gasteiger partial charge in [0.1, 0.15) is 11.5 Å². The Labute approximate surface area is 158 Å². The molecule has 28 heavy (non-hydrogen) atoms. The number of ether oxygens (including phenoxy) is 2. The van der Waals surface area contributed by atoms with Gasteiger partial charge in [0.05, 0.1) is 5.66 Å². The molecule has 1 aromatic rings. The molecule has 2 rings (SSSR count). The Balaban J connectivity index is 2.36. The average molecular weight is 415 g/mol. The predicted molar refractivity (Wildman–Crippen MR) is 90.1 cm³/mol. The van der Waals surface area contributed by atoms with Gasteiger partial charge in [-0.25, -0.2) is 0 Å². The molecule has 5 nitrogen and oxygen atoms in total. The van der Waals surface area contributed by atoms with Gasteiger partial charge in [-0.05, 0) is 18.6 Å². The van der Waals surface area contributed by atoms with E-state index in [9.17, 15) is 26.3 Å². The number of hydrogen-bond donors (Lipinski definition) is 2. The first-order chi connectivity index (χ1) is 12.9. The highest BCUT2D eigenvalue weighted by Gasteiger charge is 2.37. The second kappa shape index (κ2) is 8.75. The molecule has 0 spiro atoms. The molecule has 0 amide bonds. The second-order valence-corrected chi connectivity index (χ2v) is 6.48. The molecule has 0 radical (unpaired) electrons. The number of benzene rings is 1. The van der Waals surface area contributed by atoms with Crippen molar-refractivity contribution in [2.24, 2.45) is 5.73 Å². The van der Waals surface area contributed by atoms with Crippen molar-refractivity contribution in [1.29, 1.82) is 0 Å². The highest BCUT2D eigenvalue weighted by molar-refractivity contribution is 5.44. The Morgan fingerprint density at radius 1 is 1.00 bits per heavy atom. The van der Waals surface area contributed by atoms with Crippen molar-refractivity contribution in [3.05, 3.63) is 23.8 Å². The summed E-state index contributed by atoms with van der Waals surface area (Å²) in [5.74, 6) is -0.503. The molecule has 1 saturated heterocycles. The van der Waals surface area contributed by atoms with E-state index in [-0.39, 0.29) is 17.1 Å². The third-order valence-electron chi connectivity index (χ3n) is 4.43. The first-order valence-corrected chi connectivity index (χ1v) is 8.73. The third kappa shape index (κ3) is 6.14. The van der Waals surface area contributed by atoms with Crippen LogP contribution in [0.2, 0.25) is 0 Å². The number of alkyl halides is 6. The lowest BCUT2D eigenvalue weighted by Crippen LogP contribution is -2.59. The first-order valence-electron chi connectivity index (χ1n) is 8.73. The third-order valence-corrected chi connectivity index (χ3v) is 4.43. The number of nitrogens with one attached hydrogen (secondary N) is 1. The maximum absolute atomic E-state index is 12.7. The molecule has 1 unspecified atom stereocenters. The lowest BCUT2D eigenvalue weighted by molar-refractivity contribution is -0.154. The van der Waals surface area contributed by atoms with Crippen molar-refractivity contribution >= 4 is 0 Å². The van der Waals surface area contributed by atoms with Gasteiger partial charge in [0.2, 0.25) is 0 Å². The summed E-state index contributed by atoms with van der Waals surface area (Å²) in [7, 11) is 0. The number of hydrogen-bond acceptors (Lipinski definition) is 5. The van der Waals surface area contributed by atoms with Crippen LogP contribution in [0, 0.1) is 0 Å². The smallest absolute Gasteiger partial charge is 0.422 e. The van der Waals surface area contributed by atoms with Crippen LogP contribution in [-0.2, 0) is 5.66 Å². The number of rotatable bonds is 7. The first kappa shape index (κ1) is 22.6. The van der Waals surface area contributed by atoms with E-state index >= 15 is 0 Å². The zero-order chi connectivity index (χ0) is 21.0. The summed E-state index contributed by atoms with van der Waals surface area (Å²) < 4.78 is 84.6. The highest BCUT2D eigenvalue weighted by atomic mass is 19.4. The van der Waals surface area contributed by atoms with Gasteiger partial charge in [-0.1, -0.05) is 6.92 Å². The molecule has 0 saturated carbocycles. The summed E-state index contributed by atoms with van der Waals surface area (Å²) >= 11 is 0. The van der Waals surface area contributed by atoms with E-state index in [4.69, 9.17) is 10.5 Å². The number of nitrogens with two attached hydrogens (primary N) is 1. The van der Waals surface area contributed by atoms with Crippen molar-refractivity contribution in [2.45, 2.75) is 31.4 Å². The fraction of sp³-hybridized carbons (Fsp3) is 0.647. The Morgan fingerprint density at radius 2 is 1.57 bits per heavy atom. The predicted octanol–water partition coefficient (Wildman–Crippen LogP) is 3.00. The fourth-order valence-corrected chi connectivity index (χ4v) is 3.04. The summed E-state index contributed by atoms with van der Waals surface area (Å²) in [6.45, 7) is 1.07. The van der Waals surface area contributed by atoms with Crippen LogP contribution in [-0.4, -0.2) is 56.6 Å². The molecule has 1 aliphatic rings. The van der Waals surface area contributed by atoms with Gasteiger partial charge in [0.25, 0.3) is 0 Å². The van der Waals surface area contributed by atoms with Crippen molar-refractivity contribution in [3.8, 4) is 11.5 Å². The van der Waals surface area contributed by atoms with E-state index in [1.54, 1.807) is 6.92 Å². The van der Waals surface area contributed by atoms with Crippen LogP contribution in [0.1, 0.15) is 18.9 Å². The van der Waals surface area contributed by atoms with Gasteiger partial charge >= 0.3 is 12.4 Å². The molecule has 1 heterocycles. The van der Waals surface area contributed by atoms with E-state index in [0.717, 1.165) is 6.07 Å². The van der Waals surface area contributed by atoms with Crippen molar-refractivity contribution in [1.82, 2.24) is 10.2 Å². The zero-order valence-corrected chi connectivity index (χ0v) is 15.3. The minimum Gasteiger partial charge on any atom is -0.484 e. The van der Waals surface area contributed by atoms with Crippen LogP contribution < -0.4 is 20.5 Å². The Hall–Kier alpha value is -1.72. The molecular weight excluding hydrogens is 392 g/mol. The highest BCUT2D eigenvalue weighted by Crippen LogP contribution is 2.37. The summed E-state index contributed by atoms with van der Waals surface area (Å²) in [5, 5.41) is 3.16. The summed E-state index contributed by atoms with van der Waals surface area (Å²) in [6.07, 6.45) is -8.83. The van der Waals surface area contributed by atoms with Crippen LogP contribution in [0.25, 0.3) is 0 Å². The van der Waals surface area contributed by atoms with Gasteiger partial charge in [0, 0.05) is 37.8 Å². The molecule has 3 N–H and O–H groups in total. The largest absolute Gasteiger partial charge is 0.484 e. The molecule has 160 valence electrons. The lowest BCUT2D eigenvalue weighted by atomic mass is 9.93. The monoisotopic (exact) mass is 415 g/mol. The molecule has 11 heteroatoms. The van der Waals surface area contributed by atoms with E-state index in [1.807, 2.05) is 4.90 Å². The average Bonchev–Trinajstić information content (AvgIpc) is 2.63. The topological polar surface area (TPSA) is 59.8 Å². The molecule has 1 fully saturated rings. The van der Waals surface area contributed by atoms with Gasteiger partial charge in [-0.2, -0.15) is 26.3 Å². The number of nitrogens with zero attached hydrogens (tertiary/aromatic N) is 1. The minimum atomic E-state index is -4.61. The Kier molecular flexibility index (Phi) is 7.05. The molecule has 0 aliphatic carbocycles. The van der Waals surface area contributed by atoms with Crippen LogP contribution in [0.4, 0.5) is 26.3 Å². The molecule has 1 aliphatic heterocycles. The van der Waals surface area contributed by atoms with E-state index in [2.05, 4.69) is 10.1 Å². The standard InChI is InChI=1S/C17H23F6N3O2/c1-2-15(24,26-7-5-25-6-8-26)13-4-3-12(27-10-16(18,19)20)9-14(13)28-11-17(21,22)23/h3-4,9,25H,2,5-8,10-11,24H2,1H3. The Bertz CT molecular complexity index is 647. The van der Waals surface area contributed by atoms with Crippen LogP contribution in [0.15, 0.2) is 18.2 Å². The summed E-state index contributed by atoms with van der Waals surface area (Å²) in [6, 6.07) is 3.64. The summed E-state index contributed by atoms with van der Waals surface area (Å²) in [5.41, 5.74) is 5.67. The zero-order valence-electron chi connectivity index (χ0n) is 15.3. The van der Waals surface area contributed by atoms with Gasteiger partial charge in [-0.15, -0.1) is 0 Å². The fourth-order valence-electron chi connectivity index (χ4n) is 3.04. The molecule has 1 atom stereocenters. The second-order valence-electron chi connectivity index (χ2n) is 6.48. The van der Waals surface area contributed by atoms with E-state index < -0.39 is 31.2 Å². The quantitative estimate of drug-likeness (QED) is 0.671. The minimum absolute atomic E-state index is 0.250. The van der Waals surface area contributed by atoms with Crippen molar-refractivity contribution < 1.29 is 35.8 Å². The number of halogens is 6. The van der Waals surface area contributed by atoms with E-state index in [0.29, 0.717) is 32.6 Å². The molecule has 0 bridgehead atoms. The molecule has 0 aromatic heterocycles. The summed E-state index contributed by atoms with van der Waals surface area (Å²) in [4.78, 5) is 1.91. The van der Waals surface area contributed by atoms with Crippen molar-refractivity contribution in [3.63, 3.8) is 0 Å². The Morgan fingerprint density at radius 3 is 2.11 bits per heavy atom. The van der Waals surface area contributed by atoms with Crippen LogP contribution in [0.3, 0.4) is 0 Å². The maximum Gasteiger partial charge on any atom is 0.422 e. The normalized spacial score (nSPS) is 18.6. The van der Waals surface area contributed by atoms with Crippen LogP contribution >= 0.6 is 0 Å². The van der Waals surface area contributed by atoms with E-state index in [1.165, 1.54) is 12.1 Å². The maximum atomic E-state index is 12.7. The molecular formula is C17H23F6N3O2. The molecule has 1 aromatic carbocycles. The van der Waals surface area contributed by atoms with Gasteiger partial charge in [0.15, 0.2) is 13.2 Å². The van der Waals surface area contributed by atoms with Gasteiger partial charge in [-0.3, -0.25) is 4.90 Å². The SMILES string of the molecule is CCC(N)(c1ccc(OCC(F)(F)F)cc1OCC(F)(F)F)N1CCNCC1. The van der Waals surface area contributed by atoms with Gasteiger partial charge < -0.3 is 20.5 Å².